The summed E-state index contributed by atoms with van der Waals surface area (Å²) < 4.78 is 22.7. The molecule has 14 heteroatoms. The zero-order valence-corrected chi connectivity index (χ0v) is 34.0. The van der Waals surface area contributed by atoms with Crippen molar-refractivity contribution in [1.29, 1.82) is 0 Å². The van der Waals surface area contributed by atoms with E-state index in [0.717, 1.165) is 32.1 Å². The van der Waals surface area contributed by atoms with Gasteiger partial charge in [-0.05, 0) is 57.8 Å². The van der Waals surface area contributed by atoms with Crippen molar-refractivity contribution in [2.24, 2.45) is 0 Å². The highest BCUT2D eigenvalue weighted by Gasteiger charge is 2.51. The van der Waals surface area contributed by atoms with E-state index < -0.39 is 75.2 Å². The van der Waals surface area contributed by atoms with Gasteiger partial charge in [-0.15, -0.1) is 0 Å². The van der Waals surface area contributed by atoms with Crippen molar-refractivity contribution in [3.63, 3.8) is 0 Å². The van der Waals surface area contributed by atoms with Gasteiger partial charge in [0.15, 0.2) is 0 Å². The minimum Gasteiger partial charge on any atom is -0.389 e. The molecule has 1 fully saturated rings. The average Bonchev–Trinajstić information content (AvgIpc) is 3.15. The minimum atomic E-state index is -5.16. The van der Waals surface area contributed by atoms with Crippen molar-refractivity contribution < 1.29 is 59.0 Å². The van der Waals surface area contributed by atoms with E-state index in [1.165, 1.54) is 69.9 Å². The molecule has 8 unspecified atom stereocenters. The second-order valence-electron chi connectivity index (χ2n) is 14.3. The van der Waals surface area contributed by atoms with Crippen molar-refractivity contribution in [3.8, 4) is 0 Å². The molecule has 0 aromatic heterocycles. The number of phosphoric acid groups is 1. The summed E-state index contributed by atoms with van der Waals surface area (Å²) in [5.74, 6) is -0.679. The number of phosphoric ester groups is 1. The molecule has 0 bridgehead atoms. The molecule has 9 N–H and O–H groups in total. The molecule has 1 rings (SSSR count). The zero-order chi connectivity index (χ0) is 40.9. The highest BCUT2D eigenvalue weighted by molar-refractivity contribution is 7.47. The lowest BCUT2D eigenvalue weighted by Gasteiger charge is -2.41. The van der Waals surface area contributed by atoms with E-state index in [0.29, 0.717) is 19.3 Å². The fourth-order valence-corrected chi connectivity index (χ4v) is 6.88. The number of nitrogens with one attached hydrogen (secondary N) is 1. The molecule has 0 aromatic rings. The Bertz CT molecular complexity index is 1180. The van der Waals surface area contributed by atoms with Crippen LogP contribution in [0.1, 0.15) is 129 Å². The number of allylic oxidation sites excluding steroid dienone is 8. The van der Waals surface area contributed by atoms with Gasteiger partial charge in [0, 0.05) is 0 Å². The SMILES string of the molecule is CCCCCC/C=C/CC/C=C/CC/C=C/C(O)C(COP(=O)(O)OC1C(O)C(O)C(O)C(O)C1O)NC(=O)CC(O)/C=C\C/C=C\CCCCCCCC. The first-order valence-corrected chi connectivity index (χ1v) is 21.8. The molecular weight excluding hydrogens is 729 g/mol. The Kier molecular flexibility index (Phi) is 28.8. The second kappa shape index (κ2) is 31.0. The van der Waals surface area contributed by atoms with E-state index in [4.69, 9.17) is 9.05 Å². The maximum absolute atomic E-state index is 12.9. The van der Waals surface area contributed by atoms with Crippen LogP contribution in [0.3, 0.4) is 0 Å². The first kappa shape index (κ1) is 51.0. The summed E-state index contributed by atoms with van der Waals surface area (Å²) in [6.07, 6.45) is 22.1. The van der Waals surface area contributed by atoms with Crippen LogP contribution in [0.5, 0.6) is 0 Å². The van der Waals surface area contributed by atoms with Gasteiger partial charge in [0.1, 0.15) is 36.6 Å². The number of amides is 1. The quantitative estimate of drug-likeness (QED) is 0.0246. The fourth-order valence-electron chi connectivity index (χ4n) is 5.92. The van der Waals surface area contributed by atoms with E-state index in [2.05, 4.69) is 43.5 Å². The summed E-state index contributed by atoms with van der Waals surface area (Å²) in [6, 6.07) is -1.29. The van der Waals surface area contributed by atoms with Crippen LogP contribution in [0.2, 0.25) is 0 Å². The molecule has 1 amide bonds. The highest BCUT2D eigenvalue weighted by atomic mass is 31.2. The highest BCUT2D eigenvalue weighted by Crippen LogP contribution is 2.47. The Morgan fingerprint density at radius 3 is 1.69 bits per heavy atom. The lowest BCUT2D eigenvalue weighted by molar-refractivity contribution is -0.220. The molecule has 55 heavy (non-hydrogen) atoms. The van der Waals surface area contributed by atoms with Crippen molar-refractivity contribution in [2.45, 2.75) is 184 Å². The lowest BCUT2D eigenvalue weighted by atomic mass is 9.85. The van der Waals surface area contributed by atoms with Gasteiger partial charge in [-0.3, -0.25) is 13.8 Å². The molecular formula is C41H72NO12P. The van der Waals surface area contributed by atoms with E-state index in [9.17, 15) is 50.0 Å². The largest absolute Gasteiger partial charge is 0.472 e. The van der Waals surface area contributed by atoms with Crippen LogP contribution in [-0.4, -0.2) is 108 Å². The molecule has 0 aliphatic heterocycles. The maximum Gasteiger partial charge on any atom is 0.472 e. The van der Waals surface area contributed by atoms with Crippen LogP contribution in [0.15, 0.2) is 60.8 Å². The van der Waals surface area contributed by atoms with Gasteiger partial charge in [-0.2, -0.15) is 0 Å². The number of carbonyl (C=O) groups is 1. The van der Waals surface area contributed by atoms with Crippen LogP contribution >= 0.6 is 7.82 Å². The normalized spacial score (nSPS) is 25.1. The lowest BCUT2D eigenvalue weighted by Crippen LogP contribution is -2.64. The van der Waals surface area contributed by atoms with E-state index in [-0.39, 0.29) is 6.42 Å². The second-order valence-corrected chi connectivity index (χ2v) is 15.7. The molecule has 0 heterocycles. The third-order valence-corrected chi connectivity index (χ3v) is 10.3. The van der Waals surface area contributed by atoms with Crippen LogP contribution in [0.25, 0.3) is 0 Å². The van der Waals surface area contributed by atoms with Crippen LogP contribution in [0.4, 0.5) is 0 Å². The van der Waals surface area contributed by atoms with Gasteiger partial charge < -0.3 is 46.0 Å². The maximum atomic E-state index is 12.9. The fraction of sp³-hybridized carbons (Fsp3) is 0.732. The van der Waals surface area contributed by atoms with Crippen molar-refractivity contribution in [1.82, 2.24) is 5.32 Å². The summed E-state index contributed by atoms with van der Waals surface area (Å²) in [4.78, 5) is 23.2. The van der Waals surface area contributed by atoms with E-state index in [1.54, 1.807) is 12.2 Å². The number of hydrogen-bond acceptors (Lipinski definition) is 11. The molecule has 13 nitrogen and oxygen atoms in total. The first-order valence-electron chi connectivity index (χ1n) is 20.3. The number of hydrogen-bond donors (Lipinski definition) is 9. The zero-order valence-electron chi connectivity index (χ0n) is 33.1. The summed E-state index contributed by atoms with van der Waals surface area (Å²) in [6.45, 7) is 3.61. The Morgan fingerprint density at radius 1 is 0.636 bits per heavy atom. The third kappa shape index (κ3) is 23.7. The molecule has 318 valence electrons. The van der Waals surface area contributed by atoms with E-state index in [1.807, 2.05) is 12.2 Å². The number of aliphatic hydroxyl groups excluding tert-OH is 7. The van der Waals surface area contributed by atoms with Crippen molar-refractivity contribution in [3.05, 3.63) is 60.8 Å². The molecule has 0 saturated heterocycles. The van der Waals surface area contributed by atoms with Gasteiger partial charge in [0.2, 0.25) is 5.91 Å². The summed E-state index contributed by atoms with van der Waals surface area (Å²) in [5, 5.41) is 73.9. The standard InChI is InChI=1S/C41H72NO12P/c1-3-5-7-9-11-13-15-16-17-19-21-23-25-27-29-34(44)33(31-53-55(51,52)54-41-39(49)37(47)36(46)38(48)40(41)50)42-35(45)30-32(43)28-26-24-22-20-18-14-12-10-8-6-4-2/h13,15,19-22,26-29,32-34,36-41,43-44,46-50H,3-12,14,16-18,23-25,30-31H2,1-2H3,(H,42,45)(H,51,52)/b15-13+,21-19+,22-20-,28-26-,29-27+. The van der Waals surface area contributed by atoms with Crippen LogP contribution in [-0.2, 0) is 18.4 Å². The first-order chi connectivity index (χ1) is 26.3. The van der Waals surface area contributed by atoms with Gasteiger partial charge in [-0.25, -0.2) is 4.57 Å². The number of carbonyl (C=O) groups excluding carboxylic acids is 1. The smallest absolute Gasteiger partial charge is 0.389 e. The topological polar surface area (TPSA) is 226 Å². The minimum absolute atomic E-state index is 0.365. The monoisotopic (exact) mass is 801 g/mol. The predicted octanol–water partition coefficient (Wildman–Crippen LogP) is 5.36. The predicted molar refractivity (Wildman–Crippen MR) is 215 cm³/mol. The summed E-state index contributed by atoms with van der Waals surface area (Å²) in [5.41, 5.74) is 0. The number of unbranched alkanes of at least 4 members (excludes halogenated alkanes) is 12. The molecule has 0 radical (unpaired) electrons. The molecule has 1 saturated carbocycles. The number of aliphatic hydroxyl groups is 7. The molecule has 8 atom stereocenters. The van der Waals surface area contributed by atoms with E-state index >= 15 is 0 Å². The molecule has 0 aromatic carbocycles. The summed E-state index contributed by atoms with van der Waals surface area (Å²) in [7, 11) is -5.16. The molecule has 0 spiro atoms. The molecule has 1 aliphatic carbocycles. The van der Waals surface area contributed by atoms with Crippen LogP contribution in [0, 0.1) is 0 Å². The Morgan fingerprint density at radius 2 is 1.11 bits per heavy atom. The summed E-state index contributed by atoms with van der Waals surface area (Å²) >= 11 is 0. The Labute approximate surface area is 329 Å². The van der Waals surface area contributed by atoms with Gasteiger partial charge in [0.25, 0.3) is 0 Å². The van der Waals surface area contributed by atoms with Crippen molar-refractivity contribution in [2.75, 3.05) is 6.61 Å². The van der Waals surface area contributed by atoms with Gasteiger partial charge in [0.05, 0.1) is 31.3 Å². The van der Waals surface area contributed by atoms with Crippen LogP contribution < -0.4 is 5.32 Å². The number of rotatable bonds is 31. The average molecular weight is 802 g/mol. The van der Waals surface area contributed by atoms with Crippen molar-refractivity contribution >= 4 is 13.7 Å². The Balaban J connectivity index is 2.74. The van der Waals surface area contributed by atoms with Gasteiger partial charge >= 0.3 is 7.82 Å². The van der Waals surface area contributed by atoms with Gasteiger partial charge in [-0.1, -0.05) is 126 Å². The Hall–Kier alpha value is -2.00. The third-order valence-electron chi connectivity index (χ3n) is 9.31. The molecule has 1 aliphatic rings.